The Balaban J connectivity index is 2.47. The topological polar surface area (TPSA) is 12.0 Å². The summed E-state index contributed by atoms with van der Waals surface area (Å²) in [7, 11) is 0. The first-order valence-electron chi connectivity index (χ1n) is 4.86. The number of aryl methyl sites for hydroxylation is 1. The molecule has 13 heavy (non-hydrogen) atoms. The van der Waals surface area contributed by atoms with E-state index in [2.05, 4.69) is 24.4 Å². The van der Waals surface area contributed by atoms with Crippen LogP contribution in [0.15, 0.2) is 12.1 Å². The molecule has 1 aromatic carbocycles. The normalized spacial score (nSPS) is 14.9. The van der Waals surface area contributed by atoms with E-state index in [0.717, 1.165) is 24.4 Å². The molecule has 0 unspecified atom stereocenters. The predicted octanol–water partition coefficient (Wildman–Crippen LogP) is 3.26. The van der Waals surface area contributed by atoms with Gasteiger partial charge in [0.2, 0.25) is 0 Å². The highest BCUT2D eigenvalue weighted by atomic mass is 35.5. The third-order valence-corrected chi connectivity index (χ3v) is 2.92. The number of rotatable bonds is 1. The fraction of sp³-hybridized carbons (Fsp3) is 0.455. The zero-order valence-electron chi connectivity index (χ0n) is 7.86. The Labute approximate surface area is 84.1 Å². The van der Waals surface area contributed by atoms with Gasteiger partial charge in [-0.1, -0.05) is 18.5 Å². The Kier molecular flexibility index (Phi) is 2.45. The van der Waals surface area contributed by atoms with Crippen molar-refractivity contribution in [3.05, 3.63) is 28.3 Å². The zero-order valence-corrected chi connectivity index (χ0v) is 8.62. The maximum Gasteiger partial charge on any atom is 0.0461 e. The second-order valence-corrected chi connectivity index (χ2v) is 3.89. The van der Waals surface area contributed by atoms with Crippen LogP contribution in [0, 0.1) is 0 Å². The first-order chi connectivity index (χ1) is 6.31. The van der Waals surface area contributed by atoms with E-state index in [1.54, 1.807) is 0 Å². The van der Waals surface area contributed by atoms with E-state index in [9.17, 15) is 0 Å². The largest absolute Gasteiger partial charge is 0.385 e. The summed E-state index contributed by atoms with van der Waals surface area (Å²) in [6, 6.07) is 4.31. The van der Waals surface area contributed by atoms with Crippen LogP contribution in [0.5, 0.6) is 0 Å². The van der Waals surface area contributed by atoms with Gasteiger partial charge in [-0.25, -0.2) is 0 Å². The Hall–Kier alpha value is -0.690. The molecule has 1 nitrogen and oxygen atoms in total. The summed E-state index contributed by atoms with van der Waals surface area (Å²) in [4.78, 5) is 0. The number of fused-ring (bicyclic) bond motifs is 1. The van der Waals surface area contributed by atoms with Gasteiger partial charge in [0.15, 0.2) is 0 Å². The number of hydrogen-bond acceptors (Lipinski definition) is 1. The third-order valence-electron chi connectivity index (χ3n) is 2.58. The summed E-state index contributed by atoms with van der Waals surface area (Å²) in [5.74, 6) is 0. The molecule has 0 amide bonds. The minimum Gasteiger partial charge on any atom is -0.385 e. The standard InChI is InChI=1S/C11H14ClN/c1-2-8-6-10(12)9-4-3-5-13-11(9)7-8/h6-7,13H,2-5H2,1H3. The van der Waals surface area contributed by atoms with Crippen LogP contribution in [0.3, 0.4) is 0 Å². The molecule has 2 heteroatoms. The monoisotopic (exact) mass is 195 g/mol. The summed E-state index contributed by atoms with van der Waals surface area (Å²) < 4.78 is 0. The van der Waals surface area contributed by atoms with E-state index in [1.807, 2.05) is 0 Å². The van der Waals surface area contributed by atoms with Crippen molar-refractivity contribution in [3.8, 4) is 0 Å². The van der Waals surface area contributed by atoms with Crippen molar-refractivity contribution in [3.63, 3.8) is 0 Å². The quantitative estimate of drug-likeness (QED) is 0.726. The molecule has 0 aromatic heterocycles. The van der Waals surface area contributed by atoms with Gasteiger partial charge in [-0.05, 0) is 42.5 Å². The minimum atomic E-state index is 0.932. The molecule has 0 bridgehead atoms. The molecule has 1 heterocycles. The average molecular weight is 196 g/mol. The van der Waals surface area contributed by atoms with Crippen molar-refractivity contribution in [1.82, 2.24) is 0 Å². The highest BCUT2D eigenvalue weighted by molar-refractivity contribution is 6.31. The summed E-state index contributed by atoms with van der Waals surface area (Å²) in [6.45, 7) is 3.23. The molecule has 0 spiro atoms. The molecule has 2 rings (SSSR count). The minimum absolute atomic E-state index is 0.932. The smallest absolute Gasteiger partial charge is 0.0461 e. The van der Waals surface area contributed by atoms with Gasteiger partial charge < -0.3 is 5.32 Å². The Bertz CT molecular complexity index is 320. The van der Waals surface area contributed by atoms with Gasteiger partial charge >= 0.3 is 0 Å². The Morgan fingerprint density at radius 2 is 2.31 bits per heavy atom. The van der Waals surface area contributed by atoms with E-state index in [-0.39, 0.29) is 0 Å². The van der Waals surface area contributed by atoms with Gasteiger partial charge in [-0.3, -0.25) is 0 Å². The van der Waals surface area contributed by atoms with Crippen LogP contribution >= 0.6 is 11.6 Å². The van der Waals surface area contributed by atoms with E-state index in [4.69, 9.17) is 11.6 Å². The maximum absolute atomic E-state index is 6.19. The molecule has 1 aromatic rings. The first kappa shape index (κ1) is 8.89. The summed E-state index contributed by atoms with van der Waals surface area (Å²) >= 11 is 6.19. The molecule has 0 saturated heterocycles. The van der Waals surface area contributed by atoms with E-state index < -0.39 is 0 Å². The highest BCUT2D eigenvalue weighted by Crippen LogP contribution is 2.30. The van der Waals surface area contributed by atoms with Crippen LogP contribution in [0.1, 0.15) is 24.5 Å². The summed E-state index contributed by atoms with van der Waals surface area (Å²) in [6.07, 6.45) is 3.36. The molecule has 0 radical (unpaired) electrons. The molecular formula is C11H14ClN. The summed E-state index contributed by atoms with van der Waals surface area (Å²) in [5, 5.41) is 4.33. The Morgan fingerprint density at radius 1 is 1.46 bits per heavy atom. The van der Waals surface area contributed by atoms with Gasteiger partial charge in [0.1, 0.15) is 0 Å². The maximum atomic E-state index is 6.19. The second kappa shape index (κ2) is 3.59. The fourth-order valence-electron chi connectivity index (χ4n) is 1.80. The molecule has 0 aliphatic carbocycles. The molecule has 1 aliphatic heterocycles. The van der Waals surface area contributed by atoms with Gasteiger partial charge in [0, 0.05) is 17.3 Å². The molecule has 70 valence electrons. The molecule has 0 fully saturated rings. The number of hydrogen-bond donors (Lipinski definition) is 1. The molecule has 0 saturated carbocycles. The van der Waals surface area contributed by atoms with Crippen molar-refractivity contribution in [2.45, 2.75) is 26.2 Å². The van der Waals surface area contributed by atoms with Crippen LogP contribution < -0.4 is 5.32 Å². The predicted molar refractivity (Wildman–Crippen MR) is 57.6 cm³/mol. The van der Waals surface area contributed by atoms with Gasteiger partial charge in [-0.15, -0.1) is 0 Å². The SMILES string of the molecule is CCc1cc(Cl)c2c(c1)NCCC2. The van der Waals surface area contributed by atoms with E-state index in [0.29, 0.717) is 0 Å². The number of benzene rings is 1. The average Bonchev–Trinajstić information content (AvgIpc) is 2.18. The van der Waals surface area contributed by atoms with Crippen LogP contribution in [-0.2, 0) is 12.8 Å². The van der Waals surface area contributed by atoms with Gasteiger partial charge in [0.05, 0.1) is 0 Å². The fourth-order valence-corrected chi connectivity index (χ4v) is 2.13. The Morgan fingerprint density at radius 3 is 3.08 bits per heavy atom. The van der Waals surface area contributed by atoms with Gasteiger partial charge in [-0.2, -0.15) is 0 Å². The summed E-state index contributed by atoms with van der Waals surface area (Å²) in [5.41, 5.74) is 3.86. The van der Waals surface area contributed by atoms with Crippen molar-refractivity contribution < 1.29 is 0 Å². The molecular weight excluding hydrogens is 182 g/mol. The lowest BCUT2D eigenvalue weighted by Crippen LogP contribution is -2.12. The zero-order chi connectivity index (χ0) is 9.26. The van der Waals surface area contributed by atoms with Gasteiger partial charge in [0.25, 0.3) is 0 Å². The molecule has 1 aliphatic rings. The van der Waals surface area contributed by atoms with Crippen molar-refractivity contribution in [1.29, 1.82) is 0 Å². The molecule has 1 N–H and O–H groups in total. The van der Waals surface area contributed by atoms with Crippen LogP contribution in [0.25, 0.3) is 0 Å². The third kappa shape index (κ3) is 1.66. The second-order valence-electron chi connectivity index (χ2n) is 3.49. The highest BCUT2D eigenvalue weighted by Gasteiger charge is 2.12. The lowest BCUT2D eigenvalue weighted by molar-refractivity contribution is 0.829. The van der Waals surface area contributed by atoms with Crippen LogP contribution in [0.2, 0.25) is 5.02 Å². The van der Waals surface area contributed by atoms with E-state index in [1.165, 1.54) is 23.2 Å². The van der Waals surface area contributed by atoms with Crippen molar-refractivity contribution in [2.24, 2.45) is 0 Å². The lowest BCUT2D eigenvalue weighted by Gasteiger charge is -2.20. The number of anilines is 1. The molecule has 0 atom stereocenters. The van der Waals surface area contributed by atoms with Crippen LogP contribution in [0.4, 0.5) is 5.69 Å². The lowest BCUT2D eigenvalue weighted by atomic mass is 10.0. The number of halogens is 1. The first-order valence-corrected chi connectivity index (χ1v) is 5.24. The van der Waals surface area contributed by atoms with Crippen LogP contribution in [-0.4, -0.2) is 6.54 Å². The van der Waals surface area contributed by atoms with Crippen molar-refractivity contribution >= 4 is 17.3 Å². The van der Waals surface area contributed by atoms with E-state index >= 15 is 0 Å². The van der Waals surface area contributed by atoms with Crippen molar-refractivity contribution in [2.75, 3.05) is 11.9 Å². The number of nitrogens with one attached hydrogen (secondary N) is 1.